The van der Waals surface area contributed by atoms with Gasteiger partial charge in [-0.2, -0.15) is 0 Å². The molecule has 1 heterocycles. The predicted molar refractivity (Wildman–Crippen MR) is 46.8 cm³/mol. The fourth-order valence-electron chi connectivity index (χ4n) is 1.48. The van der Waals surface area contributed by atoms with Crippen molar-refractivity contribution in [3.05, 3.63) is 0 Å². The van der Waals surface area contributed by atoms with E-state index in [0.717, 1.165) is 25.9 Å². The smallest absolute Gasteiger partial charge is 0.310 e. The summed E-state index contributed by atoms with van der Waals surface area (Å²) in [6.45, 7) is 4.17. The SMILES string of the molecule is CCOC(=O)C1CCCCNC1. The number of esters is 1. The van der Waals surface area contributed by atoms with E-state index >= 15 is 0 Å². The molecule has 1 saturated heterocycles. The van der Waals surface area contributed by atoms with Crippen molar-refractivity contribution >= 4 is 5.97 Å². The first-order valence-corrected chi connectivity index (χ1v) is 4.72. The second-order valence-corrected chi connectivity index (χ2v) is 3.15. The fraction of sp³-hybridized carbons (Fsp3) is 0.889. The molecule has 0 amide bonds. The predicted octanol–water partition coefficient (Wildman–Crippen LogP) is 0.939. The lowest BCUT2D eigenvalue weighted by molar-refractivity contribution is -0.147. The zero-order valence-electron chi connectivity index (χ0n) is 7.64. The van der Waals surface area contributed by atoms with Gasteiger partial charge in [-0.25, -0.2) is 0 Å². The molecular weight excluding hydrogens is 154 g/mol. The number of nitrogens with one attached hydrogen (secondary N) is 1. The minimum Gasteiger partial charge on any atom is -0.466 e. The number of carbonyl (C=O) groups excluding carboxylic acids is 1. The summed E-state index contributed by atoms with van der Waals surface area (Å²) >= 11 is 0. The van der Waals surface area contributed by atoms with Crippen LogP contribution in [-0.2, 0) is 9.53 Å². The van der Waals surface area contributed by atoms with Crippen molar-refractivity contribution in [3.63, 3.8) is 0 Å². The van der Waals surface area contributed by atoms with Gasteiger partial charge in [0.25, 0.3) is 0 Å². The maximum absolute atomic E-state index is 11.3. The van der Waals surface area contributed by atoms with Crippen LogP contribution in [0.25, 0.3) is 0 Å². The minimum absolute atomic E-state index is 0.0353. The Morgan fingerprint density at radius 2 is 2.42 bits per heavy atom. The molecule has 1 rings (SSSR count). The summed E-state index contributed by atoms with van der Waals surface area (Å²) in [5, 5.41) is 3.24. The van der Waals surface area contributed by atoms with E-state index in [-0.39, 0.29) is 11.9 Å². The Morgan fingerprint density at radius 3 is 3.17 bits per heavy atom. The molecule has 70 valence electrons. The molecule has 0 aromatic carbocycles. The van der Waals surface area contributed by atoms with E-state index in [4.69, 9.17) is 4.74 Å². The van der Waals surface area contributed by atoms with E-state index in [0.29, 0.717) is 6.61 Å². The van der Waals surface area contributed by atoms with Gasteiger partial charge >= 0.3 is 5.97 Å². The molecule has 12 heavy (non-hydrogen) atoms. The van der Waals surface area contributed by atoms with E-state index in [1.54, 1.807) is 0 Å². The molecule has 0 radical (unpaired) electrons. The van der Waals surface area contributed by atoms with Crippen molar-refractivity contribution in [2.45, 2.75) is 26.2 Å². The average Bonchev–Trinajstić information content (AvgIpc) is 2.32. The van der Waals surface area contributed by atoms with Gasteiger partial charge in [-0.3, -0.25) is 4.79 Å². The molecule has 3 nitrogen and oxygen atoms in total. The van der Waals surface area contributed by atoms with E-state index < -0.39 is 0 Å². The summed E-state index contributed by atoms with van der Waals surface area (Å²) in [5.74, 6) is 0.0550. The molecule has 1 fully saturated rings. The van der Waals surface area contributed by atoms with Crippen molar-refractivity contribution in [2.24, 2.45) is 5.92 Å². The Morgan fingerprint density at radius 1 is 1.58 bits per heavy atom. The molecule has 0 spiro atoms. The van der Waals surface area contributed by atoms with E-state index in [1.807, 2.05) is 6.92 Å². The van der Waals surface area contributed by atoms with Gasteiger partial charge in [0.2, 0.25) is 0 Å². The number of rotatable bonds is 2. The van der Waals surface area contributed by atoms with Crippen LogP contribution in [-0.4, -0.2) is 25.7 Å². The van der Waals surface area contributed by atoms with Crippen LogP contribution in [0.15, 0.2) is 0 Å². The van der Waals surface area contributed by atoms with Crippen LogP contribution in [0.1, 0.15) is 26.2 Å². The van der Waals surface area contributed by atoms with Gasteiger partial charge in [-0.05, 0) is 26.3 Å². The number of hydrogen-bond donors (Lipinski definition) is 1. The summed E-state index contributed by atoms with van der Waals surface area (Å²) in [6.07, 6.45) is 3.29. The highest BCUT2D eigenvalue weighted by Crippen LogP contribution is 2.12. The van der Waals surface area contributed by atoms with E-state index in [1.165, 1.54) is 6.42 Å². The molecule has 0 aromatic rings. The Kier molecular flexibility index (Phi) is 4.08. The van der Waals surface area contributed by atoms with Crippen molar-refractivity contribution in [1.29, 1.82) is 0 Å². The van der Waals surface area contributed by atoms with Gasteiger partial charge in [0.1, 0.15) is 0 Å². The number of ether oxygens (including phenoxy) is 1. The second kappa shape index (κ2) is 5.14. The molecule has 1 atom stereocenters. The van der Waals surface area contributed by atoms with Gasteiger partial charge < -0.3 is 10.1 Å². The number of hydrogen-bond acceptors (Lipinski definition) is 3. The zero-order chi connectivity index (χ0) is 8.81. The first kappa shape index (κ1) is 9.52. The molecule has 1 aliphatic rings. The first-order chi connectivity index (χ1) is 5.84. The molecule has 0 aliphatic carbocycles. The standard InChI is InChI=1S/C9H17NO2/c1-2-12-9(11)8-5-3-4-6-10-7-8/h8,10H,2-7H2,1H3. The molecule has 1 unspecified atom stereocenters. The Balaban J connectivity index is 2.32. The average molecular weight is 171 g/mol. The Labute approximate surface area is 73.5 Å². The fourth-order valence-corrected chi connectivity index (χ4v) is 1.48. The third-order valence-electron chi connectivity index (χ3n) is 2.17. The molecule has 1 N–H and O–H groups in total. The summed E-state index contributed by atoms with van der Waals surface area (Å²) in [4.78, 5) is 11.3. The normalized spacial score (nSPS) is 24.6. The van der Waals surface area contributed by atoms with E-state index in [9.17, 15) is 4.79 Å². The van der Waals surface area contributed by atoms with Gasteiger partial charge in [0.05, 0.1) is 12.5 Å². The zero-order valence-corrected chi connectivity index (χ0v) is 7.64. The largest absolute Gasteiger partial charge is 0.466 e. The van der Waals surface area contributed by atoms with Crippen molar-refractivity contribution in [2.75, 3.05) is 19.7 Å². The molecule has 0 aromatic heterocycles. The topological polar surface area (TPSA) is 38.3 Å². The number of carbonyl (C=O) groups is 1. The third kappa shape index (κ3) is 2.81. The summed E-state index contributed by atoms with van der Waals surface area (Å²) in [6, 6.07) is 0. The Hall–Kier alpha value is -0.570. The van der Waals surface area contributed by atoms with Crippen LogP contribution in [0.4, 0.5) is 0 Å². The lowest BCUT2D eigenvalue weighted by Gasteiger charge is -2.11. The minimum atomic E-state index is -0.0353. The van der Waals surface area contributed by atoms with Crippen LogP contribution >= 0.6 is 0 Å². The van der Waals surface area contributed by atoms with Crippen LogP contribution in [0.3, 0.4) is 0 Å². The van der Waals surface area contributed by atoms with Crippen LogP contribution in [0.5, 0.6) is 0 Å². The second-order valence-electron chi connectivity index (χ2n) is 3.15. The maximum atomic E-state index is 11.3. The highest BCUT2D eigenvalue weighted by Gasteiger charge is 2.20. The summed E-state index contributed by atoms with van der Waals surface area (Å²) in [5.41, 5.74) is 0. The van der Waals surface area contributed by atoms with Gasteiger partial charge in [-0.15, -0.1) is 0 Å². The van der Waals surface area contributed by atoms with Crippen molar-refractivity contribution in [1.82, 2.24) is 5.32 Å². The monoisotopic (exact) mass is 171 g/mol. The lowest BCUT2D eigenvalue weighted by Crippen LogP contribution is -2.28. The molecule has 0 saturated carbocycles. The van der Waals surface area contributed by atoms with Gasteiger partial charge in [-0.1, -0.05) is 6.42 Å². The van der Waals surface area contributed by atoms with Crippen molar-refractivity contribution in [3.8, 4) is 0 Å². The maximum Gasteiger partial charge on any atom is 0.310 e. The molecule has 1 aliphatic heterocycles. The van der Waals surface area contributed by atoms with Crippen LogP contribution in [0, 0.1) is 5.92 Å². The van der Waals surface area contributed by atoms with Gasteiger partial charge in [0, 0.05) is 6.54 Å². The van der Waals surface area contributed by atoms with Crippen LogP contribution < -0.4 is 5.32 Å². The van der Waals surface area contributed by atoms with Crippen LogP contribution in [0.2, 0.25) is 0 Å². The molecular formula is C9H17NO2. The highest BCUT2D eigenvalue weighted by atomic mass is 16.5. The summed E-state index contributed by atoms with van der Waals surface area (Å²) in [7, 11) is 0. The first-order valence-electron chi connectivity index (χ1n) is 4.72. The molecule has 3 heteroatoms. The van der Waals surface area contributed by atoms with Gasteiger partial charge in [0.15, 0.2) is 0 Å². The summed E-state index contributed by atoms with van der Waals surface area (Å²) < 4.78 is 4.96. The Bertz CT molecular complexity index is 139. The van der Waals surface area contributed by atoms with Crippen molar-refractivity contribution < 1.29 is 9.53 Å². The quantitative estimate of drug-likeness (QED) is 0.628. The third-order valence-corrected chi connectivity index (χ3v) is 2.17. The molecule has 0 bridgehead atoms. The highest BCUT2D eigenvalue weighted by molar-refractivity contribution is 5.72. The lowest BCUT2D eigenvalue weighted by atomic mass is 10.0. The van der Waals surface area contributed by atoms with E-state index in [2.05, 4.69) is 5.32 Å².